The SMILES string of the molecule is CC(F)C(C)(C)OCCC(C)(C)C(F)F. The third-order valence-electron chi connectivity index (χ3n) is 2.77. The number of alkyl halides is 3. The van der Waals surface area contributed by atoms with Gasteiger partial charge in [0.2, 0.25) is 6.43 Å². The second-order valence-electron chi connectivity index (χ2n) is 5.11. The molecule has 0 N–H and O–H groups in total. The third-order valence-corrected chi connectivity index (χ3v) is 2.77. The van der Waals surface area contributed by atoms with E-state index in [0.717, 1.165) is 0 Å². The Bertz CT molecular complexity index is 168. The number of halogens is 3. The molecule has 1 atom stereocenters. The van der Waals surface area contributed by atoms with Gasteiger partial charge < -0.3 is 4.74 Å². The molecule has 0 aliphatic carbocycles. The lowest BCUT2D eigenvalue weighted by Gasteiger charge is -2.30. The smallest absolute Gasteiger partial charge is 0.243 e. The van der Waals surface area contributed by atoms with Crippen molar-refractivity contribution < 1.29 is 17.9 Å². The zero-order valence-corrected chi connectivity index (χ0v) is 10.1. The summed E-state index contributed by atoms with van der Waals surface area (Å²) in [5, 5.41) is 0. The van der Waals surface area contributed by atoms with Crippen molar-refractivity contribution in [2.75, 3.05) is 6.61 Å². The third kappa shape index (κ3) is 4.87. The summed E-state index contributed by atoms with van der Waals surface area (Å²) in [5.41, 5.74) is -1.98. The Kier molecular flexibility index (Phi) is 5.10. The maximum Gasteiger partial charge on any atom is 0.243 e. The Morgan fingerprint density at radius 3 is 1.87 bits per heavy atom. The van der Waals surface area contributed by atoms with Crippen molar-refractivity contribution in [3.63, 3.8) is 0 Å². The lowest BCUT2D eigenvalue weighted by molar-refractivity contribution is -0.0853. The van der Waals surface area contributed by atoms with E-state index in [1.165, 1.54) is 20.8 Å². The minimum Gasteiger partial charge on any atom is -0.373 e. The van der Waals surface area contributed by atoms with Gasteiger partial charge in [0.15, 0.2) is 0 Å². The van der Waals surface area contributed by atoms with Crippen LogP contribution in [0.5, 0.6) is 0 Å². The lowest BCUT2D eigenvalue weighted by atomic mass is 9.90. The molecule has 1 nitrogen and oxygen atoms in total. The molecular weight excluding hydrogens is 205 g/mol. The van der Waals surface area contributed by atoms with Crippen LogP contribution in [0, 0.1) is 5.41 Å². The van der Waals surface area contributed by atoms with E-state index >= 15 is 0 Å². The van der Waals surface area contributed by atoms with E-state index in [-0.39, 0.29) is 13.0 Å². The summed E-state index contributed by atoms with van der Waals surface area (Å²) in [6, 6.07) is 0. The van der Waals surface area contributed by atoms with E-state index in [4.69, 9.17) is 4.74 Å². The van der Waals surface area contributed by atoms with Crippen molar-refractivity contribution in [2.45, 2.75) is 59.2 Å². The predicted molar refractivity (Wildman–Crippen MR) is 55.0 cm³/mol. The molecule has 4 heteroatoms. The van der Waals surface area contributed by atoms with Crippen LogP contribution in [0.25, 0.3) is 0 Å². The van der Waals surface area contributed by atoms with Gasteiger partial charge in [0, 0.05) is 12.0 Å². The molecule has 1 unspecified atom stereocenters. The maximum absolute atomic E-state index is 13.0. The topological polar surface area (TPSA) is 9.23 Å². The first-order valence-corrected chi connectivity index (χ1v) is 5.16. The van der Waals surface area contributed by atoms with E-state index in [1.807, 2.05) is 0 Å². The monoisotopic (exact) mass is 226 g/mol. The van der Waals surface area contributed by atoms with Gasteiger partial charge in [-0.25, -0.2) is 13.2 Å². The average molecular weight is 226 g/mol. The number of ether oxygens (including phenoxy) is 1. The van der Waals surface area contributed by atoms with E-state index in [1.54, 1.807) is 13.8 Å². The van der Waals surface area contributed by atoms with Gasteiger partial charge in [0.25, 0.3) is 0 Å². The molecule has 15 heavy (non-hydrogen) atoms. The summed E-state index contributed by atoms with van der Waals surface area (Å²) in [6.45, 7) is 7.75. The highest BCUT2D eigenvalue weighted by Crippen LogP contribution is 2.29. The first-order valence-electron chi connectivity index (χ1n) is 5.16. The molecule has 0 radical (unpaired) electrons. The molecule has 0 saturated heterocycles. The van der Waals surface area contributed by atoms with Gasteiger partial charge in [-0.2, -0.15) is 0 Å². The second kappa shape index (κ2) is 5.19. The van der Waals surface area contributed by atoms with Crippen molar-refractivity contribution in [3.05, 3.63) is 0 Å². The molecule has 0 amide bonds. The molecule has 0 aromatic heterocycles. The highest BCUT2D eigenvalue weighted by atomic mass is 19.3. The van der Waals surface area contributed by atoms with Crippen LogP contribution in [-0.2, 0) is 4.74 Å². The summed E-state index contributed by atoms with van der Waals surface area (Å²) in [4.78, 5) is 0. The number of hydrogen-bond donors (Lipinski definition) is 0. The van der Waals surface area contributed by atoms with Crippen LogP contribution < -0.4 is 0 Å². The highest BCUT2D eigenvalue weighted by Gasteiger charge is 2.31. The fraction of sp³-hybridized carbons (Fsp3) is 1.00. The van der Waals surface area contributed by atoms with Crippen LogP contribution in [0.4, 0.5) is 13.2 Å². The molecule has 0 rings (SSSR count). The normalized spacial score (nSPS) is 15.8. The molecule has 0 aliphatic heterocycles. The van der Waals surface area contributed by atoms with E-state index in [9.17, 15) is 13.2 Å². The fourth-order valence-electron chi connectivity index (χ4n) is 0.801. The first kappa shape index (κ1) is 14.8. The minimum absolute atomic E-state index is 0.151. The van der Waals surface area contributed by atoms with Gasteiger partial charge in [-0.1, -0.05) is 13.8 Å². The van der Waals surface area contributed by atoms with Crippen molar-refractivity contribution >= 4 is 0 Å². The molecule has 0 aromatic rings. The van der Waals surface area contributed by atoms with Gasteiger partial charge >= 0.3 is 0 Å². The highest BCUT2D eigenvalue weighted by molar-refractivity contribution is 4.77. The molecular formula is C11H21F3O. The zero-order valence-electron chi connectivity index (χ0n) is 10.1. The van der Waals surface area contributed by atoms with Gasteiger partial charge in [0.1, 0.15) is 6.17 Å². The standard InChI is InChI=1S/C11H21F3O/c1-8(12)11(4,5)15-7-6-10(2,3)9(13)14/h8-9H,6-7H2,1-5H3. The molecule has 0 saturated carbocycles. The Morgan fingerprint density at radius 2 is 1.53 bits per heavy atom. The lowest BCUT2D eigenvalue weighted by Crippen LogP contribution is -2.36. The molecule has 0 bridgehead atoms. The molecule has 0 aliphatic rings. The van der Waals surface area contributed by atoms with Crippen molar-refractivity contribution in [1.29, 1.82) is 0 Å². The van der Waals surface area contributed by atoms with Crippen LogP contribution in [-0.4, -0.2) is 24.8 Å². The van der Waals surface area contributed by atoms with Gasteiger partial charge in [-0.05, 0) is 27.2 Å². The van der Waals surface area contributed by atoms with E-state index in [0.29, 0.717) is 0 Å². The van der Waals surface area contributed by atoms with Gasteiger partial charge in [-0.15, -0.1) is 0 Å². The van der Waals surface area contributed by atoms with Crippen LogP contribution in [0.2, 0.25) is 0 Å². The van der Waals surface area contributed by atoms with Crippen LogP contribution in [0.1, 0.15) is 41.0 Å². The van der Waals surface area contributed by atoms with Crippen molar-refractivity contribution in [1.82, 2.24) is 0 Å². The van der Waals surface area contributed by atoms with Crippen molar-refractivity contribution in [2.24, 2.45) is 5.41 Å². The average Bonchev–Trinajstić information content (AvgIpc) is 2.02. The summed E-state index contributed by atoms with van der Waals surface area (Å²) >= 11 is 0. The largest absolute Gasteiger partial charge is 0.373 e. The number of rotatable bonds is 6. The van der Waals surface area contributed by atoms with Crippen molar-refractivity contribution in [3.8, 4) is 0 Å². The predicted octanol–water partition coefficient (Wildman–Crippen LogP) is 3.82. The Labute approximate surface area is 90.0 Å². The van der Waals surface area contributed by atoms with Gasteiger partial charge in [-0.3, -0.25) is 0 Å². The summed E-state index contributed by atoms with van der Waals surface area (Å²) in [5.74, 6) is 0. The van der Waals surface area contributed by atoms with Crippen LogP contribution in [0.15, 0.2) is 0 Å². The zero-order chi connectivity index (χ0) is 12.3. The maximum atomic E-state index is 13.0. The molecule has 0 fully saturated rings. The molecule has 92 valence electrons. The Morgan fingerprint density at radius 1 is 1.07 bits per heavy atom. The first-order chi connectivity index (χ1) is 6.59. The summed E-state index contributed by atoms with van der Waals surface area (Å²) in [6.07, 6.45) is -3.28. The minimum atomic E-state index is -2.38. The second-order valence-corrected chi connectivity index (χ2v) is 5.11. The Balaban J connectivity index is 4.00. The summed E-state index contributed by atoms with van der Waals surface area (Å²) < 4.78 is 43.2. The quantitative estimate of drug-likeness (QED) is 0.669. The van der Waals surface area contributed by atoms with E-state index in [2.05, 4.69) is 0 Å². The molecule has 0 aromatic carbocycles. The molecule has 0 heterocycles. The Hall–Kier alpha value is -0.250. The van der Waals surface area contributed by atoms with E-state index < -0.39 is 23.6 Å². The summed E-state index contributed by atoms with van der Waals surface area (Å²) in [7, 11) is 0. The van der Waals surface area contributed by atoms with Gasteiger partial charge in [0.05, 0.1) is 5.60 Å². The molecule has 0 spiro atoms. The number of hydrogen-bond acceptors (Lipinski definition) is 1. The van der Waals surface area contributed by atoms with Crippen LogP contribution >= 0.6 is 0 Å². The van der Waals surface area contributed by atoms with Crippen LogP contribution in [0.3, 0.4) is 0 Å². The fourth-order valence-corrected chi connectivity index (χ4v) is 0.801.